The Morgan fingerprint density at radius 2 is 1.74 bits per heavy atom. The van der Waals surface area contributed by atoms with E-state index in [-0.39, 0.29) is 28.4 Å². The number of aromatic nitrogens is 1. The van der Waals surface area contributed by atoms with E-state index in [1.54, 1.807) is 30.3 Å². The normalized spacial score (nSPS) is 11.0. The highest BCUT2D eigenvalue weighted by Crippen LogP contribution is 2.38. The fourth-order valence-electron chi connectivity index (χ4n) is 2.84. The molecule has 0 spiro atoms. The average molecular weight is 431 g/mol. The van der Waals surface area contributed by atoms with Crippen molar-refractivity contribution < 1.29 is 32.2 Å². The van der Waals surface area contributed by atoms with Gasteiger partial charge in [-0.15, -0.1) is 0 Å². The van der Waals surface area contributed by atoms with E-state index in [1.165, 1.54) is 7.11 Å². The lowest BCUT2D eigenvalue weighted by Gasteiger charge is -2.17. The summed E-state index contributed by atoms with van der Waals surface area (Å²) in [5.41, 5.74) is 4.11. The molecule has 1 aromatic heterocycles. The molecule has 0 atom stereocenters. The largest absolute Gasteiger partial charge is 0.497 e. The number of ether oxygens (including phenoxy) is 3. The molecule has 1 heterocycles. The highest BCUT2D eigenvalue weighted by molar-refractivity contribution is 5.96. The van der Waals surface area contributed by atoms with Gasteiger partial charge < -0.3 is 24.5 Å². The number of hydrogen-bond acceptors (Lipinski definition) is 6. The maximum Gasteiger partial charge on any atom is 0.416 e. The predicted octanol–water partition coefficient (Wildman–Crippen LogP) is 4.54. The minimum atomic E-state index is -4.66. The molecule has 2 aromatic carbocycles. The van der Waals surface area contributed by atoms with Crippen molar-refractivity contribution in [2.45, 2.75) is 6.18 Å². The lowest BCUT2D eigenvalue weighted by molar-refractivity contribution is -0.137. The molecule has 0 bridgehead atoms. The van der Waals surface area contributed by atoms with Crippen molar-refractivity contribution in [1.29, 1.82) is 5.26 Å². The van der Waals surface area contributed by atoms with Crippen LogP contribution in [0.5, 0.6) is 17.2 Å². The summed E-state index contributed by atoms with van der Waals surface area (Å²) in [5, 5.41) is 9.28. The Hall–Kier alpha value is -4.13. The molecule has 3 aromatic rings. The number of esters is 1. The molecule has 0 saturated heterocycles. The molecule has 0 aliphatic heterocycles. The number of nitrogens with two attached hydrogens (primary N) is 1. The van der Waals surface area contributed by atoms with Crippen molar-refractivity contribution in [3.05, 3.63) is 65.5 Å². The van der Waals surface area contributed by atoms with E-state index in [0.717, 1.165) is 36.1 Å². The molecule has 160 valence electrons. The number of nitrogens with zero attached hydrogens (tertiary/aromatic N) is 2. The molecule has 0 saturated carbocycles. The molecular formula is C21H16F3N3O4. The molecule has 10 heteroatoms. The van der Waals surface area contributed by atoms with Crippen molar-refractivity contribution in [1.82, 2.24) is 4.57 Å². The van der Waals surface area contributed by atoms with Crippen LogP contribution in [0.3, 0.4) is 0 Å². The second-order valence-corrected chi connectivity index (χ2v) is 6.24. The molecule has 0 fully saturated rings. The van der Waals surface area contributed by atoms with Gasteiger partial charge in [0.2, 0.25) is 0 Å². The van der Waals surface area contributed by atoms with Gasteiger partial charge in [0.05, 0.1) is 36.7 Å². The van der Waals surface area contributed by atoms with E-state index in [0.29, 0.717) is 11.5 Å². The van der Waals surface area contributed by atoms with Gasteiger partial charge in [-0.25, -0.2) is 4.79 Å². The van der Waals surface area contributed by atoms with Crippen LogP contribution in [0, 0.1) is 11.3 Å². The second-order valence-electron chi connectivity index (χ2n) is 6.24. The quantitative estimate of drug-likeness (QED) is 0.596. The summed E-state index contributed by atoms with van der Waals surface area (Å²) in [4.78, 5) is 12.3. The minimum absolute atomic E-state index is 0.0113. The van der Waals surface area contributed by atoms with Gasteiger partial charge in [0.15, 0.2) is 11.4 Å². The van der Waals surface area contributed by atoms with Crippen molar-refractivity contribution in [2.75, 3.05) is 20.0 Å². The van der Waals surface area contributed by atoms with Gasteiger partial charge in [-0.05, 0) is 42.5 Å². The Bertz CT molecular complexity index is 1160. The molecule has 31 heavy (non-hydrogen) atoms. The average Bonchev–Trinajstić information content (AvgIpc) is 3.09. The monoisotopic (exact) mass is 431 g/mol. The zero-order valence-corrected chi connectivity index (χ0v) is 16.4. The number of methoxy groups -OCH3 is 2. The Labute approximate surface area is 175 Å². The minimum Gasteiger partial charge on any atom is -0.497 e. The predicted molar refractivity (Wildman–Crippen MR) is 104 cm³/mol. The van der Waals surface area contributed by atoms with Gasteiger partial charge in [-0.1, -0.05) is 0 Å². The molecular weight excluding hydrogens is 415 g/mol. The van der Waals surface area contributed by atoms with E-state index >= 15 is 0 Å². The van der Waals surface area contributed by atoms with Crippen LogP contribution in [-0.2, 0) is 10.9 Å². The first kappa shape index (κ1) is 21.6. The summed E-state index contributed by atoms with van der Waals surface area (Å²) in [6, 6.07) is 10.9. The number of rotatable bonds is 5. The lowest BCUT2D eigenvalue weighted by atomic mass is 10.1. The maximum atomic E-state index is 13.4. The van der Waals surface area contributed by atoms with Crippen molar-refractivity contribution >= 4 is 11.7 Å². The second kappa shape index (κ2) is 8.31. The molecule has 0 aliphatic carbocycles. The van der Waals surface area contributed by atoms with Crippen LogP contribution in [0.4, 0.5) is 18.9 Å². The molecule has 0 radical (unpaired) electrons. The summed E-state index contributed by atoms with van der Waals surface area (Å²) < 4.78 is 56.7. The van der Waals surface area contributed by atoms with E-state index < -0.39 is 17.7 Å². The highest BCUT2D eigenvalue weighted by Gasteiger charge is 2.32. The van der Waals surface area contributed by atoms with Crippen LogP contribution < -0.4 is 15.2 Å². The standard InChI is InChI=1S/C21H16F3N3O4/c1-29-14-4-6-15(7-5-14)31-17-8-3-13(21(22,23)24)9-16(17)27-11-12(10-25)18(26)19(27)20(28)30-2/h3-9,11H,26H2,1-2H3. The number of nitrogen functional groups attached to an aromatic ring is 1. The first-order valence-electron chi connectivity index (χ1n) is 8.72. The van der Waals surface area contributed by atoms with Crippen LogP contribution in [0.25, 0.3) is 5.69 Å². The van der Waals surface area contributed by atoms with Crippen LogP contribution in [0.2, 0.25) is 0 Å². The number of nitriles is 1. The fourth-order valence-corrected chi connectivity index (χ4v) is 2.84. The van der Waals surface area contributed by atoms with Crippen molar-refractivity contribution in [3.63, 3.8) is 0 Å². The topological polar surface area (TPSA) is 99.5 Å². The number of carbonyl (C=O) groups is 1. The van der Waals surface area contributed by atoms with Gasteiger partial charge >= 0.3 is 12.1 Å². The Kier molecular flexibility index (Phi) is 5.79. The highest BCUT2D eigenvalue weighted by atomic mass is 19.4. The third-order valence-corrected chi connectivity index (χ3v) is 4.38. The van der Waals surface area contributed by atoms with Gasteiger partial charge in [0.1, 0.15) is 17.6 Å². The third-order valence-electron chi connectivity index (χ3n) is 4.38. The van der Waals surface area contributed by atoms with Crippen molar-refractivity contribution in [2.24, 2.45) is 0 Å². The number of carbonyl (C=O) groups excluding carboxylic acids is 1. The Morgan fingerprint density at radius 3 is 2.29 bits per heavy atom. The van der Waals surface area contributed by atoms with Gasteiger partial charge in [-0.3, -0.25) is 0 Å². The number of anilines is 1. The summed E-state index contributed by atoms with van der Waals surface area (Å²) in [6.07, 6.45) is -3.51. The van der Waals surface area contributed by atoms with Crippen LogP contribution in [-0.4, -0.2) is 24.8 Å². The van der Waals surface area contributed by atoms with E-state index in [9.17, 15) is 23.2 Å². The molecule has 0 aliphatic rings. The number of hydrogen-bond donors (Lipinski definition) is 1. The first-order chi connectivity index (χ1) is 14.7. The number of alkyl halides is 3. The zero-order chi connectivity index (χ0) is 22.8. The van der Waals surface area contributed by atoms with Crippen LogP contribution in [0.15, 0.2) is 48.7 Å². The Morgan fingerprint density at radius 1 is 1.10 bits per heavy atom. The summed E-state index contributed by atoms with van der Waals surface area (Å²) in [7, 11) is 2.58. The van der Waals surface area contributed by atoms with Crippen LogP contribution >= 0.6 is 0 Å². The summed E-state index contributed by atoms with van der Waals surface area (Å²) in [6.45, 7) is 0. The van der Waals surface area contributed by atoms with Crippen LogP contribution in [0.1, 0.15) is 21.6 Å². The van der Waals surface area contributed by atoms with Gasteiger partial charge in [0.25, 0.3) is 0 Å². The summed E-state index contributed by atoms with van der Waals surface area (Å²) >= 11 is 0. The van der Waals surface area contributed by atoms with Gasteiger partial charge in [0, 0.05) is 6.20 Å². The number of halogens is 3. The first-order valence-corrected chi connectivity index (χ1v) is 8.72. The maximum absolute atomic E-state index is 13.4. The zero-order valence-electron chi connectivity index (χ0n) is 16.4. The smallest absolute Gasteiger partial charge is 0.416 e. The molecule has 0 unspecified atom stereocenters. The molecule has 2 N–H and O–H groups in total. The van der Waals surface area contributed by atoms with E-state index in [2.05, 4.69) is 0 Å². The van der Waals surface area contributed by atoms with Crippen molar-refractivity contribution in [3.8, 4) is 29.0 Å². The molecule has 0 amide bonds. The van der Waals surface area contributed by atoms with E-state index in [4.69, 9.17) is 19.9 Å². The SMILES string of the molecule is COC(=O)c1c(N)c(C#N)cn1-c1cc(C(F)(F)F)ccc1Oc1ccc(OC)cc1. The fraction of sp³-hybridized carbons (Fsp3) is 0.143. The summed E-state index contributed by atoms with van der Waals surface area (Å²) in [5.74, 6) is -0.0681. The van der Waals surface area contributed by atoms with E-state index in [1.807, 2.05) is 0 Å². The molecule has 7 nitrogen and oxygen atoms in total. The Balaban J connectivity index is 2.22. The molecule has 3 rings (SSSR count). The lowest BCUT2D eigenvalue weighted by Crippen LogP contribution is -2.13. The van der Waals surface area contributed by atoms with Gasteiger partial charge in [-0.2, -0.15) is 18.4 Å². The third kappa shape index (κ3) is 4.25. The number of benzene rings is 2.